The zero-order chi connectivity index (χ0) is 19.9. The van der Waals surface area contributed by atoms with Crippen LogP contribution in [0.25, 0.3) is 0 Å². The van der Waals surface area contributed by atoms with Crippen LogP contribution in [0.4, 0.5) is 5.69 Å². The molecule has 0 spiro atoms. The van der Waals surface area contributed by atoms with Gasteiger partial charge in [-0.05, 0) is 31.5 Å². The maximum atomic E-state index is 13.5. The molecule has 0 bridgehead atoms. The molecule has 5 nitrogen and oxygen atoms in total. The van der Waals surface area contributed by atoms with Crippen molar-refractivity contribution in [3.8, 4) is 0 Å². The third kappa shape index (κ3) is 5.52. The maximum absolute atomic E-state index is 13.5. The summed E-state index contributed by atoms with van der Waals surface area (Å²) in [5.41, 5.74) is 1.73. The molecule has 0 aromatic heterocycles. The van der Waals surface area contributed by atoms with E-state index in [4.69, 9.17) is 9.05 Å². The van der Waals surface area contributed by atoms with Crippen molar-refractivity contribution in [2.24, 2.45) is 0 Å². The predicted octanol–water partition coefficient (Wildman–Crippen LogP) is 5.33. The van der Waals surface area contributed by atoms with Crippen molar-refractivity contribution < 1.29 is 18.4 Å². The summed E-state index contributed by atoms with van der Waals surface area (Å²) in [4.78, 5) is 14.8. The Morgan fingerprint density at radius 2 is 1.52 bits per heavy atom. The van der Waals surface area contributed by atoms with Gasteiger partial charge in [0.1, 0.15) is 0 Å². The van der Waals surface area contributed by atoms with Gasteiger partial charge in [0.05, 0.1) is 18.9 Å². The lowest BCUT2D eigenvalue weighted by atomic mass is 10.0. The zero-order valence-electron chi connectivity index (χ0n) is 16.4. The molecule has 0 amide bonds. The number of anilines is 1. The Labute approximate surface area is 161 Å². The molecule has 1 atom stereocenters. The molecule has 2 rings (SSSR count). The maximum Gasteiger partial charge on any atom is 0.338 e. The number of hydrogen-bond donors (Lipinski definition) is 0. The van der Waals surface area contributed by atoms with Crippen molar-refractivity contribution in [3.05, 3.63) is 65.7 Å². The van der Waals surface area contributed by atoms with Crippen molar-refractivity contribution >= 4 is 19.1 Å². The molecular weight excluding hydrogens is 361 g/mol. The Morgan fingerprint density at radius 1 is 0.963 bits per heavy atom. The summed E-state index contributed by atoms with van der Waals surface area (Å²) in [6.45, 7) is 4.06. The van der Waals surface area contributed by atoms with E-state index in [-0.39, 0.29) is 25.4 Å². The molecule has 0 aliphatic carbocycles. The topological polar surface area (TPSA) is 55.8 Å². The largest absolute Gasteiger partial charge is 0.378 e. The molecule has 0 aliphatic rings. The zero-order valence-corrected chi connectivity index (χ0v) is 17.3. The summed E-state index contributed by atoms with van der Waals surface area (Å²) in [5, 5.41) is 0. The summed E-state index contributed by atoms with van der Waals surface area (Å²) >= 11 is 0. The highest BCUT2D eigenvalue weighted by atomic mass is 31.2. The Balaban J connectivity index is 2.41. The summed E-state index contributed by atoms with van der Waals surface area (Å²) in [6, 6.07) is 16.7. The quantitative estimate of drug-likeness (QED) is 0.406. The highest BCUT2D eigenvalue weighted by Gasteiger charge is 2.38. The van der Waals surface area contributed by atoms with Crippen molar-refractivity contribution in [1.82, 2.24) is 0 Å². The van der Waals surface area contributed by atoms with E-state index in [9.17, 15) is 9.36 Å². The number of carbonyl (C=O) groups excluding carboxylic acids is 1. The smallest absolute Gasteiger partial charge is 0.338 e. The van der Waals surface area contributed by atoms with Gasteiger partial charge in [0.25, 0.3) is 0 Å². The van der Waals surface area contributed by atoms with Crippen LogP contribution in [0.3, 0.4) is 0 Å². The van der Waals surface area contributed by atoms with Gasteiger partial charge in [-0.2, -0.15) is 0 Å². The average molecular weight is 389 g/mol. The van der Waals surface area contributed by atoms with Gasteiger partial charge in [-0.15, -0.1) is 0 Å². The third-order valence-electron chi connectivity index (χ3n) is 4.27. The first-order chi connectivity index (χ1) is 12.9. The third-order valence-corrected chi connectivity index (χ3v) is 6.75. The minimum absolute atomic E-state index is 0.0581. The van der Waals surface area contributed by atoms with Crippen molar-refractivity contribution in [1.29, 1.82) is 0 Å². The molecule has 0 saturated carbocycles. The van der Waals surface area contributed by atoms with Crippen LogP contribution in [0.2, 0.25) is 0 Å². The number of Topliss-reactive ketones (excluding diaryl/α,β-unsaturated/α-hetero) is 1. The Kier molecular flexibility index (Phi) is 7.78. The molecule has 146 valence electrons. The highest BCUT2D eigenvalue weighted by Crippen LogP contribution is 2.62. The Hall–Kier alpha value is -1.94. The number of nitrogens with zero attached hydrogens (tertiary/aromatic N) is 1. The van der Waals surface area contributed by atoms with E-state index in [1.807, 2.05) is 61.5 Å². The molecule has 27 heavy (non-hydrogen) atoms. The van der Waals surface area contributed by atoms with Gasteiger partial charge < -0.3 is 13.9 Å². The fraction of sp³-hybridized carbons (Fsp3) is 0.381. The average Bonchev–Trinajstić information content (AvgIpc) is 2.67. The predicted molar refractivity (Wildman–Crippen MR) is 110 cm³/mol. The molecule has 0 radical (unpaired) electrons. The second-order valence-electron chi connectivity index (χ2n) is 6.37. The van der Waals surface area contributed by atoms with Crippen LogP contribution in [-0.2, 0) is 13.6 Å². The lowest BCUT2D eigenvalue weighted by Crippen LogP contribution is -2.13. The van der Waals surface area contributed by atoms with Crippen LogP contribution >= 0.6 is 7.60 Å². The molecule has 2 aromatic carbocycles. The van der Waals surface area contributed by atoms with Gasteiger partial charge in [0.15, 0.2) is 5.78 Å². The fourth-order valence-corrected chi connectivity index (χ4v) is 4.98. The molecule has 0 aliphatic heterocycles. The van der Waals surface area contributed by atoms with E-state index in [0.717, 1.165) is 11.3 Å². The second kappa shape index (κ2) is 9.84. The first-order valence-electron chi connectivity index (χ1n) is 9.15. The standard InChI is InChI=1S/C21H28NO4P/c1-5-25-27(24,26-6-2)21(16-20(23)17-10-8-7-9-11-17)18-12-14-19(15-13-18)22(3)4/h7-15,21H,5-6,16H2,1-4H3/t21-/m0/s1. The van der Waals surface area contributed by atoms with E-state index in [2.05, 4.69) is 0 Å². The van der Waals surface area contributed by atoms with Gasteiger partial charge in [-0.1, -0.05) is 42.5 Å². The minimum Gasteiger partial charge on any atom is -0.378 e. The summed E-state index contributed by atoms with van der Waals surface area (Å²) in [6.07, 6.45) is 0.0581. The van der Waals surface area contributed by atoms with E-state index in [1.165, 1.54) is 0 Å². The van der Waals surface area contributed by atoms with Crippen LogP contribution in [0.15, 0.2) is 54.6 Å². The number of ketones is 1. The molecule has 0 saturated heterocycles. The van der Waals surface area contributed by atoms with Gasteiger partial charge in [-0.3, -0.25) is 9.36 Å². The summed E-state index contributed by atoms with van der Waals surface area (Å²) < 4.78 is 24.6. The molecule has 6 heteroatoms. The molecule has 0 N–H and O–H groups in total. The molecule has 0 unspecified atom stereocenters. The Bertz CT molecular complexity index is 765. The van der Waals surface area contributed by atoms with E-state index < -0.39 is 13.3 Å². The number of carbonyl (C=O) groups is 1. The van der Waals surface area contributed by atoms with Crippen molar-refractivity contribution in [2.75, 3.05) is 32.2 Å². The van der Waals surface area contributed by atoms with E-state index in [0.29, 0.717) is 5.56 Å². The van der Waals surface area contributed by atoms with Crippen molar-refractivity contribution in [3.63, 3.8) is 0 Å². The van der Waals surface area contributed by atoms with Gasteiger partial charge in [0, 0.05) is 31.8 Å². The lowest BCUT2D eigenvalue weighted by molar-refractivity contribution is 0.0973. The van der Waals surface area contributed by atoms with Crippen LogP contribution in [0, 0.1) is 0 Å². The van der Waals surface area contributed by atoms with Crippen LogP contribution in [-0.4, -0.2) is 33.1 Å². The fourth-order valence-electron chi connectivity index (χ4n) is 2.90. The van der Waals surface area contributed by atoms with Crippen molar-refractivity contribution in [2.45, 2.75) is 25.9 Å². The highest BCUT2D eigenvalue weighted by molar-refractivity contribution is 7.54. The van der Waals surface area contributed by atoms with Gasteiger partial charge in [-0.25, -0.2) is 0 Å². The first kappa shape index (κ1) is 21.4. The number of benzene rings is 2. The molecule has 0 heterocycles. The molecule has 0 fully saturated rings. The number of rotatable bonds is 10. The summed E-state index contributed by atoms with van der Waals surface area (Å²) in [5.74, 6) is -0.0862. The SMILES string of the molecule is CCOP(=O)(OCC)[C@@H](CC(=O)c1ccccc1)c1ccc(N(C)C)cc1. The second-order valence-corrected chi connectivity index (χ2v) is 8.59. The molecule has 2 aromatic rings. The Morgan fingerprint density at radius 3 is 2.00 bits per heavy atom. The first-order valence-corrected chi connectivity index (χ1v) is 10.8. The van der Waals surface area contributed by atoms with Crippen LogP contribution in [0.1, 0.15) is 41.8 Å². The van der Waals surface area contributed by atoms with Crippen LogP contribution in [0.5, 0.6) is 0 Å². The van der Waals surface area contributed by atoms with Crippen LogP contribution < -0.4 is 4.90 Å². The monoisotopic (exact) mass is 389 g/mol. The summed E-state index contributed by atoms with van der Waals surface area (Å²) in [7, 11) is 0.411. The van der Waals surface area contributed by atoms with E-state index >= 15 is 0 Å². The van der Waals surface area contributed by atoms with Gasteiger partial charge in [0.2, 0.25) is 0 Å². The lowest BCUT2D eigenvalue weighted by Gasteiger charge is -2.27. The minimum atomic E-state index is -3.50. The van der Waals surface area contributed by atoms with E-state index in [1.54, 1.807) is 26.0 Å². The molecular formula is C21H28NO4P. The van der Waals surface area contributed by atoms with Gasteiger partial charge >= 0.3 is 7.60 Å². The number of hydrogen-bond acceptors (Lipinski definition) is 5. The normalized spacial score (nSPS) is 12.6.